The first-order chi connectivity index (χ1) is 9.56. The number of hydrogen-bond acceptors (Lipinski definition) is 2. The third-order valence-corrected chi connectivity index (χ3v) is 3.61. The summed E-state index contributed by atoms with van der Waals surface area (Å²) < 4.78 is 29.6. The normalized spacial score (nSPS) is 12.4. The Hall–Kier alpha value is -1.46. The fourth-order valence-corrected chi connectivity index (χ4v) is 2.33. The van der Waals surface area contributed by atoms with E-state index in [-0.39, 0.29) is 5.75 Å². The van der Waals surface area contributed by atoms with Gasteiger partial charge in [0.05, 0.1) is 6.10 Å². The van der Waals surface area contributed by atoms with Gasteiger partial charge in [0.15, 0.2) is 0 Å². The highest BCUT2D eigenvalue weighted by Gasteiger charge is 2.12. The molecule has 106 valence electrons. The summed E-state index contributed by atoms with van der Waals surface area (Å²) in [6, 6.07) is 13.7. The maximum Gasteiger partial charge on any atom is 0.387 e. The molecule has 20 heavy (non-hydrogen) atoms. The van der Waals surface area contributed by atoms with Gasteiger partial charge in [0.2, 0.25) is 0 Å². The first kappa shape index (κ1) is 14.9. The molecule has 2 aromatic rings. The molecule has 2 nitrogen and oxygen atoms in total. The molecule has 0 bridgehead atoms. The number of hydrogen-bond donors (Lipinski definition) is 1. The fraction of sp³-hybridized carbons (Fsp3) is 0.200. The minimum absolute atomic E-state index is 0.0451. The van der Waals surface area contributed by atoms with Crippen molar-refractivity contribution >= 4 is 15.9 Å². The van der Waals surface area contributed by atoms with Gasteiger partial charge in [-0.15, -0.1) is 0 Å². The summed E-state index contributed by atoms with van der Waals surface area (Å²) in [6.07, 6.45) is -0.394. The second kappa shape index (κ2) is 6.81. The van der Waals surface area contributed by atoms with Crippen molar-refractivity contribution in [2.75, 3.05) is 0 Å². The van der Waals surface area contributed by atoms with Gasteiger partial charge in [-0.25, -0.2) is 0 Å². The van der Waals surface area contributed by atoms with Crippen LogP contribution in [0.1, 0.15) is 17.2 Å². The molecule has 1 N–H and O–H groups in total. The van der Waals surface area contributed by atoms with Crippen LogP contribution < -0.4 is 4.74 Å². The average Bonchev–Trinajstić information content (AvgIpc) is 2.41. The van der Waals surface area contributed by atoms with Crippen LogP contribution in [-0.4, -0.2) is 11.7 Å². The molecule has 0 saturated heterocycles. The van der Waals surface area contributed by atoms with Crippen molar-refractivity contribution in [3.8, 4) is 5.75 Å². The van der Waals surface area contributed by atoms with E-state index < -0.39 is 12.7 Å². The van der Waals surface area contributed by atoms with Crippen LogP contribution in [0.25, 0.3) is 0 Å². The van der Waals surface area contributed by atoms with Crippen molar-refractivity contribution < 1.29 is 18.6 Å². The Bertz CT molecular complexity index is 575. The first-order valence-electron chi connectivity index (χ1n) is 6.02. The van der Waals surface area contributed by atoms with Gasteiger partial charge in [-0.3, -0.25) is 0 Å². The highest BCUT2D eigenvalue weighted by molar-refractivity contribution is 9.10. The van der Waals surface area contributed by atoms with Gasteiger partial charge in [-0.05, 0) is 29.3 Å². The van der Waals surface area contributed by atoms with Gasteiger partial charge in [-0.1, -0.05) is 46.3 Å². The Morgan fingerprint density at radius 2 is 1.85 bits per heavy atom. The Labute approximate surface area is 124 Å². The predicted octanol–water partition coefficient (Wildman–Crippen LogP) is 4.33. The zero-order chi connectivity index (χ0) is 14.5. The quantitative estimate of drug-likeness (QED) is 0.876. The van der Waals surface area contributed by atoms with Crippen LogP contribution in [0.3, 0.4) is 0 Å². The summed E-state index contributed by atoms with van der Waals surface area (Å²) in [6.45, 7) is -2.87. The van der Waals surface area contributed by atoms with E-state index in [2.05, 4.69) is 20.7 Å². The van der Waals surface area contributed by atoms with Crippen molar-refractivity contribution in [3.05, 3.63) is 64.1 Å². The molecule has 0 aliphatic carbocycles. The SMILES string of the molecule is OC(Cc1ccccc1Br)c1cccc(OC(F)F)c1. The smallest absolute Gasteiger partial charge is 0.387 e. The summed E-state index contributed by atoms with van der Waals surface area (Å²) in [5.41, 5.74) is 1.49. The molecule has 0 fully saturated rings. The zero-order valence-corrected chi connectivity index (χ0v) is 12.1. The maximum absolute atomic E-state index is 12.2. The van der Waals surface area contributed by atoms with Crippen LogP contribution in [0.4, 0.5) is 8.78 Å². The van der Waals surface area contributed by atoms with Crippen molar-refractivity contribution in [3.63, 3.8) is 0 Å². The number of benzene rings is 2. The molecule has 1 atom stereocenters. The molecule has 5 heteroatoms. The number of halogens is 3. The average molecular weight is 343 g/mol. The summed E-state index contributed by atoms with van der Waals surface area (Å²) in [5.74, 6) is 0.0451. The van der Waals surface area contributed by atoms with Crippen LogP contribution in [0, 0.1) is 0 Å². The Balaban J connectivity index is 2.13. The van der Waals surface area contributed by atoms with E-state index in [0.29, 0.717) is 12.0 Å². The molecule has 0 heterocycles. The van der Waals surface area contributed by atoms with Crippen molar-refractivity contribution in [2.45, 2.75) is 19.1 Å². The fourth-order valence-electron chi connectivity index (χ4n) is 1.89. The van der Waals surface area contributed by atoms with Crippen LogP contribution in [0.5, 0.6) is 5.75 Å². The number of alkyl halides is 2. The van der Waals surface area contributed by atoms with E-state index in [1.54, 1.807) is 12.1 Å². The van der Waals surface area contributed by atoms with E-state index in [0.717, 1.165) is 10.0 Å². The molecule has 2 aromatic carbocycles. The van der Waals surface area contributed by atoms with Crippen molar-refractivity contribution in [1.29, 1.82) is 0 Å². The molecule has 2 rings (SSSR count). The number of aliphatic hydroxyl groups excluding tert-OH is 1. The summed E-state index contributed by atoms with van der Waals surface area (Å²) in [5, 5.41) is 10.2. The van der Waals surface area contributed by atoms with E-state index in [1.165, 1.54) is 12.1 Å². The predicted molar refractivity (Wildman–Crippen MR) is 75.9 cm³/mol. The van der Waals surface area contributed by atoms with Gasteiger partial charge in [0.25, 0.3) is 0 Å². The molecule has 0 aliphatic heterocycles. The van der Waals surface area contributed by atoms with Gasteiger partial charge in [0, 0.05) is 10.9 Å². The Morgan fingerprint density at radius 1 is 1.10 bits per heavy atom. The van der Waals surface area contributed by atoms with Crippen LogP contribution in [0.2, 0.25) is 0 Å². The van der Waals surface area contributed by atoms with Gasteiger partial charge < -0.3 is 9.84 Å². The standard InChI is InChI=1S/C15H13BrF2O2/c16-13-7-2-1-4-10(13)9-14(19)11-5-3-6-12(8-11)20-15(17)18/h1-8,14-15,19H,9H2. The number of ether oxygens (including phenoxy) is 1. The van der Waals surface area contributed by atoms with E-state index in [1.807, 2.05) is 24.3 Å². The molecule has 0 amide bonds. The lowest BCUT2D eigenvalue weighted by molar-refractivity contribution is -0.0499. The highest BCUT2D eigenvalue weighted by atomic mass is 79.9. The van der Waals surface area contributed by atoms with Crippen molar-refractivity contribution in [2.24, 2.45) is 0 Å². The maximum atomic E-state index is 12.2. The van der Waals surface area contributed by atoms with Crippen LogP contribution >= 0.6 is 15.9 Å². The highest BCUT2D eigenvalue weighted by Crippen LogP contribution is 2.26. The third kappa shape index (κ3) is 4.02. The first-order valence-corrected chi connectivity index (χ1v) is 6.82. The molecular formula is C15H13BrF2O2. The van der Waals surface area contributed by atoms with E-state index in [9.17, 15) is 13.9 Å². The lowest BCUT2D eigenvalue weighted by atomic mass is 10.0. The Morgan fingerprint density at radius 3 is 2.55 bits per heavy atom. The van der Waals surface area contributed by atoms with Gasteiger partial charge in [-0.2, -0.15) is 8.78 Å². The zero-order valence-electron chi connectivity index (χ0n) is 10.5. The Kier molecular flexibility index (Phi) is 5.09. The third-order valence-electron chi connectivity index (χ3n) is 2.84. The molecule has 0 radical (unpaired) electrons. The lowest BCUT2D eigenvalue weighted by Crippen LogP contribution is -2.05. The number of aliphatic hydroxyl groups is 1. The molecule has 0 aromatic heterocycles. The second-order valence-electron chi connectivity index (χ2n) is 4.26. The summed E-state index contributed by atoms with van der Waals surface area (Å²) in [4.78, 5) is 0. The van der Waals surface area contributed by atoms with Crippen LogP contribution in [-0.2, 0) is 6.42 Å². The van der Waals surface area contributed by atoms with Crippen LogP contribution in [0.15, 0.2) is 53.0 Å². The van der Waals surface area contributed by atoms with Gasteiger partial charge in [0.1, 0.15) is 5.75 Å². The summed E-state index contributed by atoms with van der Waals surface area (Å²) >= 11 is 3.41. The monoisotopic (exact) mass is 342 g/mol. The van der Waals surface area contributed by atoms with E-state index in [4.69, 9.17) is 0 Å². The molecule has 0 spiro atoms. The minimum atomic E-state index is -2.87. The molecule has 0 saturated carbocycles. The topological polar surface area (TPSA) is 29.5 Å². The summed E-state index contributed by atoms with van der Waals surface area (Å²) in [7, 11) is 0. The minimum Gasteiger partial charge on any atom is -0.435 e. The molecule has 1 unspecified atom stereocenters. The largest absolute Gasteiger partial charge is 0.435 e. The molecule has 0 aliphatic rings. The van der Waals surface area contributed by atoms with Gasteiger partial charge >= 0.3 is 6.61 Å². The number of rotatable bonds is 5. The lowest BCUT2D eigenvalue weighted by Gasteiger charge is -2.13. The van der Waals surface area contributed by atoms with Crippen molar-refractivity contribution in [1.82, 2.24) is 0 Å². The molecular weight excluding hydrogens is 330 g/mol. The van der Waals surface area contributed by atoms with E-state index >= 15 is 0 Å². The second-order valence-corrected chi connectivity index (χ2v) is 5.12.